The molecule has 0 atom stereocenters. The van der Waals surface area contributed by atoms with E-state index in [9.17, 15) is 0 Å². The molecule has 0 bridgehead atoms. The Labute approximate surface area is 133 Å². The summed E-state index contributed by atoms with van der Waals surface area (Å²) < 4.78 is 10.6. The second-order valence-corrected chi connectivity index (χ2v) is 5.08. The Balaban J connectivity index is 2.11. The van der Waals surface area contributed by atoms with Crippen molar-refractivity contribution in [2.45, 2.75) is 0 Å². The molecule has 3 aromatic rings. The number of imidazole rings is 1. The van der Waals surface area contributed by atoms with Gasteiger partial charge >= 0.3 is 0 Å². The minimum absolute atomic E-state index is 0.663. The van der Waals surface area contributed by atoms with Gasteiger partial charge in [0.05, 0.1) is 37.0 Å². The number of rotatable bonds is 4. The van der Waals surface area contributed by atoms with Crippen LogP contribution in [-0.2, 0) is 0 Å². The summed E-state index contributed by atoms with van der Waals surface area (Å²) in [6.45, 7) is 0. The number of H-pyrrole nitrogens is 1. The SMILES string of the molecule is COc1ccc(-c2[nH]cnc2-c2ccccc2Cl)cc1OC. The first-order valence-corrected chi connectivity index (χ1v) is 7.13. The number of benzene rings is 2. The van der Waals surface area contributed by atoms with Crippen molar-refractivity contribution >= 4 is 11.6 Å². The van der Waals surface area contributed by atoms with Crippen molar-refractivity contribution in [1.29, 1.82) is 0 Å². The molecule has 0 saturated heterocycles. The number of aromatic amines is 1. The highest BCUT2D eigenvalue weighted by Gasteiger charge is 2.14. The smallest absolute Gasteiger partial charge is 0.161 e. The molecule has 22 heavy (non-hydrogen) atoms. The summed E-state index contributed by atoms with van der Waals surface area (Å²) in [5, 5.41) is 0.663. The number of ether oxygens (including phenoxy) is 2. The fourth-order valence-corrected chi connectivity index (χ4v) is 2.59. The normalized spacial score (nSPS) is 10.5. The number of nitrogens with one attached hydrogen (secondary N) is 1. The van der Waals surface area contributed by atoms with Gasteiger partial charge in [-0.1, -0.05) is 29.8 Å². The average Bonchev–Trinajstić information content (AvgIpc) is 3.04. The summed E-state index contributed by atoms with van der Waals surface area (Å²) in [6.07, 6.45) is 1.66. The topological polar surface area (TPSA) is 47.1 Å². The van der Waals surface area contributed by atoms with E-state index >= 15 is 0 Å². The highest BCUT2D eigenvalue weighted by Crippen LogP contribution is 2.37. The van der Waals surface area contributed by atoms with E-state index < -0.39 is 0 Å². The van der Waals surface area contributed by atoms with E-state index in [0.717, 1.165) is 22.5 Å². The molecule has 0 aliphatic heterocycles. The van der Waals surface area contributed by atoms with Crippen molar-refractivity contribution in [3.05, 3.63) is 53.8 Å². The van der Waals surface area contributed by atoms with Crippen LogP contribution in [0.2, 0.25) is 5.02 Å². The highest BCUT2D eigenvalue weighted by molar-refractivity contribution is 6.33. The molecule has 0 amide bonds. The van der Waals surface area contributed by atoms with Crippen molar-refractivity contribution in [2.24, 2.45) is 0 Å². The first-order chi connectivity index (χ1) is 10.7. The maximum Gasteiger partial charge on any atom is 0.161 e. The molecule has 0 fully saturated rings. The molecule has 0 saturated carbocycles. The second-order valence-electron chi connectivity index (χ2n) is 4.68. The first kappa shape index (κ1) is 14.5. The number of aromatic nitrogens is 2. The molecule has 0 spiro atoms. The maximum absolute atomic E-state index is 6.28. The molecule has 112 valence electrons. The highest BCUT2D eigenvalue weighted by atomic mass is 35.5. The van der Waals surface area contributed by atoms with Crippen LogP contribution in [0.5, 0.6) is 11.5 Å². The predicted molar refractivity (Wildman–Crippen MR) is 87.6 cm³/mol. The van der Waals surface area contributed by atoms with Gasteiger partial charge in [-0.15, -0.1) is 0 Å². The van der Waals surface area contributed by atoms with E-state index in [1.54, 1.807) is 20.5 Å². The zero-order valence-electron chi connectivity index (χ0n) is 12.3. The Hall–Kier alpha value is -2.46. The van der Waals surface area contributed by atoms with Crippen molar-refractivity contribution in [3.8, 4) is 34.0 Å². The molecule has 0 aliphatic rings. The Morgan fingerprint density at radius 1 is 1.00 bits per heavy atom. The van der Waals surface area contributed by atoms with Gasteiger partial charge in [0, 0.05) is 11.1 Å². The molecule has 1 aromatic heterocycles. The molecule has 0 radical (unpaired) electrons. The third-order valence-corrected chi connectivity index (χ3v) is 3.77. The van der Waals surface area contributed by atoms with Crippen LogP contribution in [0, 0.1) is 0 Å². The fourth-order valence-electron chi connectivity index (χ4n) is 2.36. The van der Waals surface area contributed by atoms with Crippen molar-refractivity contribution in [3.63, 3.8) is 0 Å². The van der Waals surface area contributed by atoms with Crippen molar-refractivity contribution in [1.82, 2.24) is 9.97 Å². The maximum atomic E-state index is 6.28. The number of hydrogen-bond acceptors (Lipinski definition) is 3. The lowest BCUT2D eigenvalue weighted by atomic mass is 10.0. The zero-order chi connectivity index (χ0) is 15.5. The Morgan fingerprint density at radius 2 is 1.77 bits per heavy atom. The number of methoxy groups -OCH3 is 2. The van der Waals surface area contributed by atoms with Crippen LogP contribution in [0.1, 0.15) is 0 Å². The number of hydrogen-bond donors (Lipinski definition) is 1. The number of halogens is 1. The van der Waals surface area contributed by atoms with Crippen molar-refractivity contribution < 1.29 is 9.47 Å². The molecule has 2 aromatic carbocycles. The molecule has 0 aliphatic carbocycles. The molecule has 1 heterocycles. The predicted octanol–water partition coefficient (Wildman–Crippen LogP) is 4.41. The lowest BCUT2D eigenvalue weighted by Gasteiger charge is -2.10. The Bertz CT molecular complexity index is 799. The minimum atomic E-state index is 0.663. The largest absolute Gasteiger partial charge is 0.493 e. The molecule has 4 nitrogen and oxygen atoms in total. The van der Waals surface area contributed by atoms with Gasteiger partial charge in [-0.3, -0.25) is 0 Å². The summed E-state index contributed by atoms with van der Waals surface area (Å²) >= 11 is 6.28. The summed E-state index contributed by atoms with van der Waals surface area (Å²) in [7, 11) is 3.23. The first-order valence-electron chi connectivity index (χ1n) is 6.75. The second kappa shape index (κ2) is 6.12. The van der Waals surface area contributed by atoms with Gasteiger partial charge < -0.3 is 14.5 Å². The molecule has 0 unspecified atom stereocenters. The minimum Gasteiger partial charge on any atom is -0.493 e. The van der Waals surface area contributed by atoms with Crippen LogP contribution in [0.15, 0.2) is 48.8 Å². The summed E-state index contributed by atoms with van der Waals surface area (Å²) in [6, 6.07) is 13.4. The standard InChI is InChI=1S/C17H15ClN2O2/c1-21-14-8-7-11(9-15(14)22-2)16-17(20-10-19-16)12-5-3-4-6-13(12)18/h3-10H,1-2H3,(H,19,20). The fraction of sp³-hybridized carbons (Fsp3) is 0.118. The van der Waals surface area contributed by atoms with E-state index in [1.807, 2.05) is 42.5 Å². The van der Waals surface area contributed by atoms with Crippen LogP contribution >= 0.6 is 11.6 Å². The molecule has 3 rings (SSSR count). The van der Waals surface area contributed by atoms with E-state index in [1.165, 1.54) is 0 Å². The summed E-state index contributed by atoms with van der Waals surface area (Å²) in [4.78, 5) is 7.58. The van der Waals surface area contributed by atoms with Gasteiger partial charge in [0.1, 0.15) is 0 Å². The van der Waals surface area contributed by atoms with Crippen LogP contribution in [-0.4, -0.2) is 24.2 Å². The third kappa shape index (κ3) is 2.53. The van der Waals surface area contributed by atoms with E-state index in [0.29, 0.717) is 16.5 Å². The van der Waals surface area contributed by atoms with Crippen LogP contribution < -0.4 is 9.47 Å². The van der Waals surface area contributed by atoms with Gasteiger partial charge in [-0.2, -0.15) is 0 Å². The quantitative estimate of drug-likeness (QED) is 0.775. The van der Waals surface area contributed by atoms with Gasteiger partial charge in [0.25, 0.3) is 0 Å². The van der Waals surface area contributed by atoms with Gasteiger partial charge in [-0.25, -0.2) is 4.98 Å². The van der Waals surface area contributed by atoms with Crippen LogP contribution in [0.3, 0.4) is 0 Å². The average molecular weight is 315 g/mol. The molecular formula is C17H15ClN2O2. The Morgan fingerprint density at radius 3 is 2.50 bits per heavy atom. The Kier molecular flexibility index (Phi) is 4.02. The number of nitrogens with zero attached hydrogens (tertiary/aromatic N) is 1. The molecule has 5 heteroatoms. The van der Waals surface area contributed by atoms with E-state index in [2.05, 4.69) is 9.97 Å². The van der Waals surface area contributed by atoms with E-state index in [4.69, 9.17) is 21.1 Å². The monoisotopic (exact) mass is 314 g/mol. The van der Waals surface area contributed by atoms with Gasteiger partial charge in [0.2, 0.25) is 0 Å². The summed E-state index contributed by atoms with van der Waals surface area (Å²) in [5.41, 5.74) is 3.52. The zero-order valence-corrected chi connectivity index (χ0v) is 13.0. The lowest BCUT2D eigenvalue weighted by Crippen LogP contribution is -1.92. The van der Waals surface area contributed by atoms with Crippen LogP contribution in [0.4, 0.5) is 0 Å². The summed E-state index contributed by atoms with van der Waals surface area (Å²) in [5.74, 6) is 1.35. The van der Waals surface area contributed by atoms with Gasteiger partial charge in [0.15, 0.2) is 11.5 Å². The van der Waals surface area contributed by atoms with Crippen LogP contribution in [0.25, 0.3) is 22.5 Å². The molecule has 1 N–H and O–H groups in total. The van der Waals surface area contributed by atoms with E-state index in [-0.39, 0.29) is 0 Å². The third-order valence-electron chi connectivity index (χ3n) is 3.44. The molecular weight excluding hydrogens is 300 g/mol. The van der Waals surface area contributed by atoms with Crippen molar-refractivity contribution in [2.75, 3.05) is 14.2 Å². The lowest BCUT2D eigenvalue weighted by molar-refractivity contribution is 0.355. The van der Waals surface area contributed by atoms with Gasteiger partial charge in [-0.05, 0) is 24.3 Å².